The van der Waals surface area contributed by atoms with Crippen LogP contribution in [0.3, 0.4) is 0 Å². The van der Waals surface area contributed by atoms with Gasteiger partial charge in [-0.05, 0) is 42.0 Å². The summed E-state index contributed by atoms with van der Waals surface area (Å²) in [6.45, 7) is 13.3. The molecule has 38 heavy (non-hydrogen) atoms. The third-order valence-electron chi connectivity index (χ3n) is 9.51. The summed E-state index contributed by atoms with van der Waals surface area (Å²) in [7, 11) is 3.60. The Labute approximate surface area is 225 Å². The number of likely N-dealkylation sites (N-methyl/N-ethyl adjacent to an activating group) is 1. The molecule has 3 heterocycles. The van der Waals surface area contributed by atoms with Crippen LogP contribution in [-0.4, -0.2) is 73.2 Å². The first kappa shape index (κ1) is 27.0. The first-order valence-electron chi connectivity index (χ1n) is 13.8. The number of nitrogens with zero attached hydrogens (tertiary/aromatic N) is 2. The van der Waals surface area contributed by atoms with Gasteiger partial charge in [-0.2, -0.15) is 0 Å². The molecule has 4 aliphatic rings. The monoisotopic (exact) mass is 526 g/mol. The number of carbonyl (C=O) groups is 2. The first-order valence-corrected chi connectivity index (χ1v) is 13.8. The fourth-order valence-electron chi connectivity index (χ4n) is 8.33. The van der Waals surface area contributed by atoms with Crippen LogP contribution in [0.15, 0.2) is 24.3 Å². The van der Waals surface area contributed by atoms with Gasteiger partial charge in [0.1, 0.15) is 11.8 Å². The smallest absolute Gasteiger partial charge is 0.306 e. The van der Waals surface area contributed by atoms with E-state index < -0.39 is 40.7 Å². The number of methoxy groups -OCH3 is 1. The quantitative estimate of drug-likeness (QED) is 0.353. The van der Waals surface area contributed by atoms with Crippen molar-refractivity contribution < 1.29 is 28.9 Å². The highest BCUT2D eigenvalue weighted by atomic mass is 16.7. The van der Waals surface area contributed by atoms with Crippen LogP contribution in [0.2, 0.25) is 0 Å². The molecule has 2 fully saturated rings. The second-order valence-corrected chi connectivity index (χ2v) is 12.5. The molecular weight excluding hydrogens is 484 g/mol. The Morgan fingerprint density at radius 1 is 1.18 bits per heavy atom. The summed E-state index contributed by atoms with van der Waals surface area (Å²) >= 11 is 0. The number of esters is 2. The number of carbonyl (C=O) groups excluding carboxylic acids is 2. The van der Waals surface area contributed by atoms with Gasteiger partial charge in [-0.25, -0.2) is 0 Å². The largest absolute Gasteiger partial charge is 0.497 e. The zero-order valence-electron chi connectivity index (χ0n) is 24.0. The van der Waals surface area contributed by atoms with Crippen molar-refractivity contribution >= 4 is 17.6 Å². The van der Waals surface area contributed by atoms with Crippen molar-refractivity contribution in [3.05, 3.63) is 35.4 Å². The maximum Gasteiger partial charge on any atom is 0.306 e. The molecule has 3 unspecified atom stereocenters. The molecule has 1 aromatic rings. The van der Waals surface area contributed by atoms with E-state index in [1.807, 2.05) is 18.0 Å². The number of anilines is 1. The SMILES string of the molecule is CCC(=O)O[C@@H]1[C@]2(CC)C=CCN3CCC4(c5c(cc(OC)cc5C(C)(C)C)N(C)C4[C@@]1(O)OC(C)=O)C32. The zero-order valence-corrected chi connectivity index (χ0v) is 24.0. The summed E-state index contributed by atoms with van der Waals surface area (Å²) in [4.78, 5) is 30.1. The third kappa shape index (κ3) is 3.35. The number of hydrogen-bond acceptors (Lipinski definition) is 8. The van der Waals surface area contributed by atoms with Crippen LogP contribution in [0.4, 0.5) is 5.69 Å². The molecule has 1 N–H and O–H groups in total. The zero-order chi connectivity index (χ0) is 27.8. The minimum Gasteiger partial charge on any atom is -0.497 e. The van der Waals surface area contributed by atoms with Crippen molar-refractivity contribution in [2.45, 2.75) is 95.6 Å². The molecule has 8 nitrogen and oxygen atoms in total. The van der Waals surface area contributed by atoms with Crippen LogP contribution in [-0.2, 0) is 29.9 Å². The summed E-state index contributed by atoms with van der Waals surface area (Å²) < 4.78 is 17.9. The van der Waals surface area contributed by atoms with Crippen molar-refractivity contribution in [1.29, 1.82) is 0 Å². The van der Waals surface area contributed by atoms with Crippen molar-refractivity contribution in [3.8, 4) is 5.75 Å². The van der Waals surface area contributed by atoms with Crippen LogP contribution >= 0.6 is 0 Å². The molecule has 208 valence electrons. The number of benzene rings is 1. The summed E-state index contributed by atoms with van der Waals surface area (Å²) in [5.41, 5.74) is 1.70. The minimum absolute atomic E-state index is 0.0707. The third-order valence-corrected chi connectivity index (χ3v) is 9.51. The van der Waals surface area contributed by atoms with E-state index in [1.54, 1.807) is 14.0 Å². The molecule has 1 saturated carbocycles. The molecule has 0 amide bonds. The Hall–Kier alpha value is -2.58. The van der Waals surface area contributed by atoms with E-state index in [4.69, 9.17) is 14.2 Å². The van der Waals surface area contributed by atoms with Gasteiger partial charge in [-0.3, -0.25) is 14.5 Å². The van der Waals surface area contributed by atoms with Gasteiger partial charge in [0.25, 0.3) is 5.79 Å². The second kappa shape index (κ2) is 8.71. The number of hydrogen-bond donors (Lipinski definition) is 1. The average Bonchev–Trinajstić information content (AvgIpc) is 3.36. The van der Waals surface area contributed by atoms with E-state index in [9.17, 15) is 14.7 Å². The van der Waals surface area contributed by atoms with Crippen molar-refractivity contribution in [3.63, 3.8) is 0 Å². The molecular formula is C30H42N2O6. The van der Waals surface area contributed by atoms with Gasteiger partial charge >= 0.3 is 11.9 Å². The molecule has 0 radical (unpaired) electrons. The molecule has 6 atom stereocenters. The van der Waals surface area contributed by atoms with Gasteiger partial charge in [0.05, 0.1) is 7.11 Å². The van der Waals surface area contributed by atoms with E-state index in [0.29, 0.717) is 6.42 Å². The fourth-order valence-corrected chi connectivity index (χ4v) is 8.33. The summed E-state index contributed by atoms with van der Waals surface area (Å²) in [5.74, 6) is -2.39. The molecule has 1 spiro atoms. The lowest BCUT2D eigenvalue weighted by Gasteiger charge is -2.63. The maximum atomic E-state index is 12.9. The molecule has 3 aliphatic heterocycles. The van der Waals surface area contributed by atoms with E-state index >= 15 is 0 Å². The van der Waals surface area contributed by atoms with Crippen molar-refractivity contribution in [1.82, 2.24) is 4.90 Å². The number of rotatable bonds is 5. The van der Waals surface area contributed by atoms with Crippen LogP contribution in [0.25, 0.3) is 0 Å². The van der Waals surface area contributed by atoms with Gasteiger partial charge in [-0.15, -0.1) is 0 Å². The predicted octanol–water partition coefficient (Wildman–Crippen LogP) is 3.68. The lowest BCUT2D eigenvalue weighted by molar-refractivity contribution is -0.309. The molecule has 1 aromatic carbocycles. The van der Waals surface area contributed by atoms with Crippen molar-refractivity contribution in [2.24, 2.45) is 5.41 Å². The molecule has 1 aliphatic carbocycles. The van der Waals surface area contributed by atoms with Gasteiger partial charge in [-0.1, -0.05) is 46.8 Å². The first-order chi connectivity index (χ1) is 17.8. The van der Waals surface area contributed by atoms with Gasteiger partial charge in [0.2, 0.25) is 0 Å². The highest BCUT2D eigenvalue weighted by Crippen LogP contribution is 2.68. The Morgan fingerprint density at radius 3 is 2.47 bits per heavy atom. The standard InChI is InChI=1S/C30H42N2O6/c1-9-22(34)37-26-28(10-2)12-11-14-32-15-13-29(24(28)32)23-20(27(4,5)6)16-19(36-8)17-21(23)31(7)25(29)30(26,35)38-18(3)33/h11-12,16-17,24-26,35H,9-10,13-15H2,1-8H3/t24?,25?,26-,28-,29?,30-/m1/s1. The summed E-state index contributed by atoms with van der Waals surface area (Å²) in [6, 6.07) is 3.40. The van der Waals surface area contributed by atoms with Crippen molar-refractivity contribution in [2.75, 3.05) is 32.1 Å². The number of fused-ring (bicyclic) bond motifs is 1. The molecule has 0 bridgehead atoms. The Morgan fingerprint density at radius 2 is 1.89 bits per heavy atom. The second-order valence-electron chi connectivity index (χ2n) is 12.5. The topological polar surface area (TPSA) is 88.5 Å². The minimum atomic E-state index is -2.09. The highest BCUT2D eigenvalue weighted by molar-refractivity contribution is 5.75. The highest BCUT2D eigenvalue weighted by Gasteiger charge is 2.80. The van der Waals surface area contributed by atoms with E-state index in [1.165, 1.54) is 12.5 Å². The normalized spacial score (nSPS) is 35.4. The molecule has 0 aromatic heterocycles. The number of ether oxygens (including phenoxy) is 3. The van der Waals surface area contributed by atoms with E-state index in [0.717, 1.165) is 36.5 Å². The summed E-state index contributed by atoms with van der Waals surface area (Å²) in [6.07, 6.45) is 4.69. The Kier molecular flexibility index (Phi) is 6.19. The lowest BCUT2D eigenvalue weighted by atomic mass is 9.49. The van der Waals surface area contributed by atoms with E-state index in [-0.39, 0.29) is 17.9 Å². The average molecular weight is 527 g/mol. The van der Waals surface area contributed by atoms with Crippen LogP contribution in [0.1, 0.15) is 71.9 Å². The molecule has 1 saturated heterocycles. The molecule has 5 rings (SSSR count). The molecule has 8 heteroatoms. The van der Waals surface area contributed by atoms with E-state index in [2.05, 4.69) is 50.8 Å². The number of aliphatic hydroxyl groups is 1. The van der Waals surface area contributed by atoms with Gasteiger partial charge in [0, 0.05) is 55.6 Å². The Balaban J connectivity index is 1.90. The van der Waals surface area contributed by atoms with Crippen LogP contribution in [0.5, 0.6) is 5.75 Å². The predicted molar refractivity (Wildman–Crippen MR) is 144 cm³/mol. The Bertz CT molecular complexity index is 1190. The fraction of sp³-hybridized carbons (Fsp3) is 0.667. The summed E-state index contributed by atoms with van der Waals surface area (Å²) in [5, 5.41) is 12.8. The van der Waals surface area contributed by atoms with Gasteiger partial charge in [0.15, 0.2) is 6.10 Å². The van der Waals surface area contributed by atoms with Crippen LogP contribution < -0.4 is 9.64 Å². The van der Waals surface area contributed by atoms with Gasteiger partial charge < -0.3 is 24.2 Å². The van der Waals surface area contributed by atoms with Crippen LogP contribution in [0, 0.1) is 5.41 Å². The maximum absolute atomic E-state index is 12.9. The lowest BCUT2D eigenvalue weighted by Crippen LogP contribution is -2.80.